The van der Waals surface area contributed by atoms with E-state index in [1.54, 1.807) is 23.1 Å². The van der Waals surface area contributed by atoms with E-state index in [9.17, 15) is 14.7 Å². The van der Waals surface area contributed by atoms with E-state index in [2.05, 4.69) is 25.5 Å². The molecule has 2 saturated heterocycles. The average molecular weight is 465 g/mol. The lowest BCUT2D eigenvalue weighted by Gasteiger charge is -2.26. The molecule has 0 spiro atoms. The van der Waals surface area contributed by atoms with Crippen molar-refractivity contribution in [2.24, 2.45) is 0 Å². The predicted octanol–water partition coefficient (Wildman–Crippen LogP) is 1.52. The van der Waals surface area contributed by atoms with Gasteiger partial charge in [0.15, 0.2) is 5.88 Å². The highest BCUT2D eigenvalue weighted by Gasteiger charge is 2.20. The van der Waals surface area contributed by atoms with Crippen LogP contribution in [-0.2, 0) is 11.3 Å². The van der Waals surface area contributed by atoms with Gasteiger partial charge in [-0.1, -0.05) is 6.07 Å². The van der Waals surface area contributed by atoms with Crippen LogP contribution in [0.5, 0.6) is 5.88 Å². The Hall–Kier alpha value is -3.63. The number of hydrogen-bond acceptors (Lipinski definition) is 6. The van der Waals surface area contributed by atoms with E-state index < -0.39 is 0 Å². The molecule has 0 aliphatic carbocycles. The summed E-state index contributed by atoms with van der Waals surface area (Å²) in [5.74, 6) is -0.219. The number of rotatable bonds is 7. The first-order chi connectivity index (χ1) is 16.6. The van der Waals surface area contributed by atoms with E-state index >= 15 is 0 Å². The van der Waals surface area contributed by atoms with Crippen molar-refractivity contribution in [1.82, 2.24) is 30.4 Å². The monoisotopic (exact) mass is 464 g/mol. The fraction of sp³-hybridized carbons (Fsp3) is 0.375. The lowest BCUT2D eigenvalue weighted by Crippen LogP contribution is -2.36. The molecule has 10 nitrogen and oxygen atoms in total. The van der Waals surface area contributed by atoms with Gasteiger partial charge in [-0.15, -0.1) is 0 Å². The van der Waals surface area contributed by atoms with Gasteiger partial charge in [0.05, 0.1) is 24.5 Å². The number of carbonyl (C=O) groups is 2. The maximum absolute atomic E-state index is 12.7. The smallest absolute Gasteiger partial charge is 0.317 e. The van der Waals surface area contributed by atoms with Crippen LogP contribution in [0.4, 0.5) is 4.79 Å². The summed E-state index contributed by atoms with van der Waals surface area (Å²) in [4.78, 5) is 35.9. The van der Waals surface area contributed by atoms with Crippen LogP contribution < -0.4 is 10.6 Å². The van der Waals surface area contributed by atoms with E-state index in [0.717, 1.165) is 49.3 Å². The highest BCUT2D eigenvalue weighted by atomic mass is 16.5. The van der Waals surface area contributed by atoms with Gasteiger partial charge in [0.1, 0.15) is 0 Å². The molecule has 2 aromatic heterocycles. The number of urea groups is 1. The fourth-order valence-electron chi connectivity index (χ4n) is 4.39. The number of fused-ring (bicyclic) bond motifs is 1. The van der Waals surface area contributed by atoms with Gasteiger partial charge in [-0.05, 0) is 29.8 Å². The largest absolute Gasteiger partial charge is 0.494 e. The highest BCUT2D eigenvalue weighted by molar-refractivity contribution is 6.03. The van der Waals surface area contributed by atoms with Crippen LogP contribution in [0.1, 0.15) is 15.9 Å². The second kappa shape index (κ2) is 9.70. The van der Waals surface area contributed by atoms with Crippen molar-refractivity contribution in [2.45, 2.75) is 6.54 Å². The number of amides is 3. The number of morpholine rings is 1. The van der Waals surface area contributed by atoms with Crippen LogP contribution in [0.3, 0.4) is 0 Å². The third-order valence-corrected chi connectivity index (χ3v) is 6.24. The minimum atomic E-state index is -0.234. The summed E-state index contributed by atoms with van der Waals surface area (Å²) >= 11 is 0. The molecule has 3 amide bonds. The maximum atomic E-state index is 12.7. The fourth-order valence-corrected chi connectivity index (χ4v) is 4.39. The molecule has 2 aliphatic heterocycles. The molecule has 0 bridgehead atoms. The molecule has 4 heterocycles. The molecule has 178 valence electrons. The number of aromatic hydroxyl groups is 1. The van der Waals surface area contributed by atoms with E-state index in [4.69, 9.17) is 4.74 Å². The number of ether oxygens (including phenoxy) is 1. The summed E-state index contributed by atoms with van der Waals surface area (Å²) in [6.45, 7) is 6.20. The van der Waals surface area contributed by atoms with Gasteiger partial charge in [0.25, 0.3) is 5.91 Å². The molecular formula is C24H28N6O4. The molecular weight excluding hydrogens is 436 g/mol. The summed E-state index contributed by atoms with van der Waals surface area (Å²) in [6.07, 6.45) is 1.83. The number of carbonyl (C=O) groups excluding carboxylic acids is 2. The van der Waals surface area contributed by atoms with Crippen molar-refractivity contribution in [3.8, 4) is 17.1 Å². The first-order valence-corrected chi connectivity index (χ1v) is 11.5. The summed E-state index contributed by atoms with van der Waals surface area (Å²) in [6, 6.07) is 9.04. The number of aromatic nitrogens is 2. The molecule has 3 aromatic rings. The number of aromatic amines is 1. The van der Waals surface area contributed by atoms with Crippen LogP contribution in [0.15, 0.2) is 36.5 Å². The Kier molecular flexibility index (Phi) is 6.33. The van der Waals surface area contributed by atoms with Crippen LogP contribution in [0, 0.1) is 0 Å². The Bertz CT molecular complexity index is 1190. The second-order valence-electron chi connectivity index (χ2n) is 8.52. The van der Waals surface area contributed by atoms with Gasteiger partial charge in [-0.25, -0.2) is 4.79 Å². The van der Waals surface area contributed by atoms with Gasteiger partial charge in [0, 0.05) is 68.5 Å². The predicted molar refractivity (Wildman–Crippen MR) is 127 cm³/mol. The number of nitrogens with one attached hydrogen (secondary N) is 3. The Morgan fingerprint density at radius 1 is 1.18 bits per heavy atom. The van der Waals surface area contributed by atoms with Gasteiger partial charge in [0.2, 0.25) is 0 Å². The second-order valence-corrected chi connectivity index (χ2v) is 8.52. The molecule has 2 fully saturated rings. The van der Waals surface area contributed by atoms with Crippen LogP contribution in [0.2, 0.25) is 0 Å². The molecule has 0 radical (unpaired) electrons. The molecule has 1 aromatic carbocycles. The first-order valence-electron chi connectivity index (χ1n) is 11.5. The van der Waals surface area contributed by atoms with E-state index in [1.807, 2.05) is 18.3 Å². The van der Waals surface area contributed by atoms with E-state index in [0.29, 0.717) is 43.0 Å². The van der Waals surface area contributed by atoms with Gasteiger partial charge >= 0.3 is 6.03 Å². The summed E-state index contributed by atoms with van der Waals surface area (Å²) in [7, 11) is 0. The third kappa shape index (κ3) is 4.68. The topological polar surface area (TPSA) is 123 Å². The molecule has 0 atom stereocenters. The van der Waals surface area contributed by atoms with Crippen molar-refractivity contribution in [3.63, 3.8) is 0 Å². The minimum Gasteiger partial charge on any atom is -0.494 e. The molecule has 10 heteroatoms. The molecule has 34 heavy (non-hydrogen) atoms. The van der Waals surface area contributed by atoms with Crippen molar-refractivity contribution < 1.29 is 19.4 Å². The van der Waals surface area contributed by atoms with Gasteiger partial charge < -0.3 is 30.4 Å². The zero-order valence-corrected chi connectivity index (χ0v) is 18.8. The lowest BCUT2D eigenvalue weighted by atomic mass is 10.1. The zero-order chi connectivity index (χ0) is 23.5. The first kappa shape index (κ1) is 22.2. The quantitative estimate of drug-likeness (QED) is 0.421. The lowest BCUT2D eigenvalue weighted by molar-refractivity contribution is 0.0341. The molecule has 2 aliphatic rings. The Morgan fingerprint density at radius 3 is 2.76 bits per heavy atom. The summed E-state index contributed by atoms with van der Waals surface area (Å²) in [5, 5.41) is 16.9. The number of benzene rings is 1. The van der Waals surface area contributed by atoms with Crippen molar-refractivity contribution in [1.29, 1.82) is 0 Å². The van der Waals surface area contributed by atoms with Crippen LogP contribution in [-0.4, -0.2) is 89.3 Å². The maximum Gasteiger partial charge on any atom is 0.317 e. The molecule has 5 rings (SSSR count). The van der Waals surface area contributed by atoms with Crippen molar-refractivity contribution in [2.75, 3.05) is 52.5 Å². The van der Waals surface area contributed by atoms with Crippen molar-refractivity contribution >= 4 is 22.8 Å². The van der Waals surface area contributed by atoms with Gasteiger partial charge in [-0.2, -0.15) is 0 Å². The van der Waals surface area contributed by atoms with Gasteiger partial charge in [-0.3, -0.25) is 14.7 Å². The molecule has 0 saturated carbocycles. The Labute approximate surface area is 196 Å². The van der Waals surface area contributed by atoms with E-state index in [1.165, 1.54) is 0 Å². The van der Waals surface area contributed by atoms with Crippen LogP contribution in [0.25, 0.3) is 22.2 Å². The molecule has 0 unspecified atom stereocenters. The standard InChI is InChI=1S/C24H28N6O4/c31-22(25-5-7-30-8-6-26-24(30)33)17-2-4-19-18(13-17)21(23(32)28-19)20-3-1-16(14-27-20)15-29-9-11-34-12-10-29/h1-4,13-14,28,32H,5-12,15H2,(H,25,31)(H,26,33). The Balaban J connectivity index is 1.30. The SMILES string of the molecule is O=C(NCCN1CCNC1=O)c1ccc2[nH]c(O)c(-c3ccc(CN4CCOCC4)cn3)c2c1. The van der Waals surface area contributed by atoms with Crippen molar-refractivity contribution in [3.05, 3.63) is 47.7 Å². The summed E-state index contributed by atoms with van der Waals surface area (Å²) in [5.41, 5.74) is 3.49. The normalized spacial score (nSPS) is 16.7. The number of H-pyrrole nitrogens is 1. The van der Waals surface area contributed by atoms with Crippen LogP contribution >= 0.6 is 0 Å². The molecule has 4 N–H and O–H groups in total. The minimum absolute atomic E-state index is 0.0148. The third-order valence-electron chi connectivity index (χ3n) is 6.24. The number of pyridine rings is 1. The number of hydrogen-bond donors (Lipinski definition) is 4. The van der Waals surface area contributed by atoms with E-state index in [-0.39, 0.29) is 17.8 Å². The average Bonchev–Trinajstić information content (AvgIpc) is 3.41. The summed E-state index contributed by atoms with van der Waals surface area (Å²) < 4.78 is 5.40. The zero-order valence-electron chi connectivity index (χ0n) is 18.8. The highest BCUT2D eigenvalue weighted by Crippen LogP contribution is 2.36. The number of nitrogens with zero attached hydrogens (tertiary/aromatic N) is 3. The Morgan fingerprint density at radius 2 is 2.03 bits per heavy atom.